The minimum Gasteiger partial charge on any atom is -0.370 e. The summed E-state index contributed by atoms with van der Waals surface area (Å²) in [5, 5.41) is 0. The van der Waals surface area contributed by atoms with Crippen LogP contribution < -0.4 is 11.5 Å². The van der Waals surface area contributed by atoms with E-state index >= 15 is 0 Å². The number of hydrogen-bond acceptors (Lipinski definition) is 1. The van der Waals surface area contributed by atoms with Crippen molar-refractivity contribution in [1.29, 1.82) is 0 Å². The molecule has 1 heterocycles. The van der Waals surface area contributed by atoms with E-state index in [1.807, 2.05) is 43.6 Å². The van der Waals surface area contributed by atoms with Crippen molar-refractivity contribution in [3.05, 3.63) is 47.8 Å². The van der Waals surface area contributed by atoms with Gasteiger partial charge in [0.15, 0.2) is 5.96 Å². The summed E-state index contributed by atoms with van der Waals surface area (Å²) in [6, 6.07) is 3.98. The minimum atomic E-state index is -0.389. The highest BCUT2D eigenvalue weighted by molar-refractivity contribution is 6.04. The maximum Gasteiger partial charge on any atom is 0.280 e. The van der Waals surface area contributed by atoms with Crippen molar-refractivity contribution in [2.45, 2.75) is 26.3 Å². The fourth-order valence-corrected chi connectivity index (χ4v) is 2.58. The first-order valence-corrected chi connectivity index (χ1v) is 6.53. The number of aromatic nitrogens is 1. The Morgan fingerprint density at radius 2 is 1.95 bits per heavy atom. The molecule has 1 aromatic rings. The Morgan fingerprint density at radius 3 is 2.50 bits per heavy atom. The number of hydrogen-bond donors (Lipinski definition) is 2. The topological polar surface area (TPSA) is 86.4 Å². The van der Waals surface area contributed by atoms with E-state index < -0.39 is 0 Å². The molecule has 0 radical (unpaired) electrons. The molecule has 1 aliphatic rings. The molecule has 1 aromatic heterocycles. The molecular formula is C15H20N4O. The van der Waals surface area contributed by atoms with Gasteiger partial charge in [0.1, 0.15) is 0 Å². The van der Waals surface area contributed by atoms with Crippen molar-refractivity contribution in [1.82, 2.24) is 4.57 Å². The summed E-state index contributed by atoms with van der Waals surface area (Å²) in [6.07, 6.45) is 7.89. The summed E-state index contributed by atoms with van der Waals surface area (Å²) >= 11 is 0. The average molecular weight is 272 g/mol. The van der Waals surface area contributed by atoms with Gasteiger partial charge >= 0.3 is 0 Å². The van der Waals surface area contributed by atoms with Gasteiger partial charge in [-0.1, -0.05) is 24.6 Å². The first kappa shape index (κ1) is 14.1. The third-order valence-corrected chi connectivity index (χ3v) is 4.16. The van der Waals surface area contributed by atoms with E-state index in [2.05, 4.69) is 23.4 Å². The van der Waals surface area contributed by atoms with Gasteiger partial charge in [-0.15, -0.1) is 0 Å². The Balaban J connectivity index is 2.40. The largest absolute Gasteiger partial charge is 0.370 e. The lowest BCUT2D eigenvalue weighted by Gasteiger charge is -2.38. The molecular weight excluding hydrogens is 252 g/mol. The number of aliphatic imine (C=N–C) groups is 1. The average Bonchev–Trinajstić information content (AvgIpc) is 2.89. The highest BCUT2D eigenvalue weighted by Gasteiger charge is 2.35. The molecule has 106 valence electrons. The van der Waals surface area contributed by atoms with Gasteiger partial charge in [-0.25, -0.2) is 0 Å². The van der Waals surface area contributed by atoms with E-state index in [4.69, 9.17) is 11.5 Å². The van der Waals surface area contributed by atoms with Crippen LogP contribution in [-0.4, -0.2) is 16.4 Å². The highest BCUT2D eigenvalue weighted by atomic mass is 16.1. The number of guanidine groups is 1. The lowest BCUT2D eigenvalue weighted by atomic mass is 9.76. The molecule has 0 aliphatic heterocycles. The fraction of sp³-hybridized carbons (Fsp3) is 0.333. The molecule has 0 aromatic carbocycles. The summed E-state index contributed by atoms with van der Waals surface area (Å²) in [5.74, 6) is -0.441. The molecule has 0 spiro atoms. The summed E-state index contributed by atoms with van der Waals surface area (Å²) in [7, 11) is 0. The normalized spacial score (nSPS) is 25.6. The third kappa shape index (κ3) is 2.27. The van der Waals surface area contributed by atoms with Crippen molar-refractivity contribution in [2.24, 2.45) is 22.4 Å². The van der Waals surface area contributed by atoms with E-state index in [-0.39, 0.29) is 23.3 Å². The van der Waals surface area contributed by atoms with Gasteiger partial charge in [-0.05, 0) is 26.0 Å². The molecule has 0 bridgehead atoms. The van der Waals surface area contributed by atoms with Crippen LogP contribution in [0.1, 0.15) is 20.8 Å². The van der Waals surface area contributed by atoms with Gasteiger partial charge in [-0.3, -0.25) is 4.79 Å². The van der Waals surface area contributed by atoms with Crippen molar-refractivity contribution < 1.29 is 4.79 Å². The minimum absolute atomic E-state index is 0.160. The van der Waals surface area contributed by atoms with Crippen LogP contribution >= 0.6 is 0 Å². The van der Waals surface area contributed by atoms with Crippen molar-refractivity contribution in [2.75, 3.05) is 0 Å². The zero-order chi connectivity index (χ0) is 14.9. The van der Waals surface area contributed by atoms with Crippen LogP contribution in [0.3, 0.4) is 0 Å². The molecule has 1 aliphatic carbocycles. The zero-order valence-corrected chi connectivity index (χ0v) is 12.0. The molecule has 5 nitrogen and oxygen atoms in total. The van der Waals surface area contributed by atoms with Crippen molar-refractivity contribution in [3.8, 4) is 0 Å². The Bertz CT molecular complexity index is 606. The van der Waals surface area contributed by atoms with Crippen LogP contribution in [0, 0.1) is 5.92 Å². The van der Waals surface area contributed by atoms with E-state index in [1.54, 1.807) is 0 Å². The lowest BCUT2D eigenvalue weighted by molar-refractivity contribution is -0.114. The van der Waals surface area contributed by atoms with Crippen LogP contribution in [-0.2, 0) is 10.3 Å². The third-order valence-electron chi connectivity index (χ3n) is 4.16. The van der Waals surface area contributed by atoms with Crippen molar-refractivity contribution in [3.63, 3.8) is 0 Å². The zero-order valence-electron chi connectivity index (χ0n) is 12.0. The van der Waals surface area contributed by atoms with Crippen LogP contribution in [0.15, 0.2) is 52.8 Å². The molecule has 1 amide bonds. The molecule has 2 atom stereocenters. The SMILES string of the molecule is CC1=C(C(=O)N=C(N)N)C=CC(C)(n2cccc2)C1C. The molecule has 0 saturated heterocycles. The highest BCUT2D eigenvalue weighted by Crippen LogP contribution is 2.38. The number of allylic oxidation sites excluding steroid dienone is 2. The van der Waals surface area contributed by atoms with Gasteiger partial charge < -0.3 is 16.0 Å². The van der Waals surface area contributed by atoms with Gasteiger partial charge in [0.25, 0.3) is 5.91 Å². The second-order valence-corrected chi connectivity index (χ2v) is 5.31. The quantitative estimate of drug-likeness (QED) is 0.632. The molecule has 0 saturated carbocycles. The van der Waals surface area contributed by atoms with Crippen LogP contribution in [0.2, 0.25) is 0 Å². The molecule has 0 fully saturated rings. The second kappa shape index (κ2) is 5.00. The predicted molar refractivity (Wildman–Crippen MR) is 79.9 cm³/mol. The Kier molecular flexibility index (Phi) is 3.53. The van der Waals surface area contributed by atoms with Crippen LogP contribution in [0.4, 0.5) is 0 Å². The van der Waals surface area contributed by atoms with E-state index in [0.29, 0.717) is 5.57 Å². The number of nitrogens with zero attached hydrogens (tertiary/aromatic N) is 2. The maximum absolute atomic E-state index is 12.0. The Morgan fingerprint density at radius 1 is 1.35 bits per heavy atom. The number of amides is 1. The van der Waals surface area contributed by atoms with Gasteiger partial charge in [0, 0.05) is 23.9 Å². The molecule has 5 heteroatoms. The van der Waals surface area contributed by atoms with E-state index in [9.17, 15) is 4.79 Å². The Hall–Kier alpha value is -2.30. The van der Waals surface area contributed by atoms with E-state index in [0.717, 1.165) is 5.57 Å². The van der Waals surface area contributed by atoms with Gasteiger partial charge in [0.2, 0.25) is 0 Å². The monoisotopic (exact) mass is 272 g/mol. The molecule has 20 heavy (non-hydrogen) atoms. The number of nitrogens with two attached hydrogens (primary N) is 2. The summed E-state index contributed by atoms with van der Waals surface area (Å²) in [5.41, 5.74) is 11.9. The first-order valence-electron chi connectivity index (χ1n) is 6.53. The van der Waals surface area contributed by atoms with Gasteiger partial charge in [-0.2, -0.15) is 4.99 Å². The summed E-state index contributed by atoms with van der Waals surface area (Å²) in [6.45, 7) is 6.19. The van der Waals surface area contributed by atoms with Crippen LogP contribution in [0.25, 0.3) is 0 Å². The molecule has 2 unspecified atom stereocenters. The molecule has 4 N–H and O–H groups in total. The molecule has 2 rings (SSSR count). The first-order chi connectivity index (χ1) is 9.36. The number of carbonyl (C=O) groups excluding carboxylic acids is 1. The smallest absolute Gasteiger partial charge is 0.280 e. The van der Waals surface area contributed by atoms with E-state index in [1.165, 1.54) is 0 Å². The van der Waals surface area contributed by atoms with Crippen LogP contribution in [0.5, 0.6) is 0 Å². The predicted octanol–water partition coefficient (Wildman–Crippen LogP) is 1.53. The second-order valence-electron chi connectivity index (χ2n) is 5.31. The standard InChI is InChI=1S/C15H20N4O/c1-10-11(2)15(3,19-8-4-5-9-19)7-6-12(10)13(20)18-14(16)17/h4-9,11H,1-3H3,(H4,16,17,18,20). The number of carbonyl (C=O) groups is 1. The lowest BCUT2D eigenvalue weighted by Crippen LogP contribution is -2.37. The fourth-order valence-electron chi connectivity index (χ4n) is 2.58. The van der Waals surface area contributed by atoms with Crippen molar-refractivity contribution >= 4 is 11.9 Å². The summed E-state index contributed by atoms with van der Waals surface area (Å²) in [4.78, 5) is 15.6. The Labute approximate surface area is 118 Å². The van der Waals surface area contributed by atoms with Gasteiger partial charge in [0.05, 0.1) is 5.54 Å². The maximum atomic E-state index is 12.0. The summed E-state index contributed by atoms with van der Waals surface area (Å²) < 4.78 is 2.14. The number of rotatable bonds is 2.